The minimum Gasteiger partial charge on any atom is -0.371 e. The molecule has 4 nitrogen and oxygen atoms in total. The summed E-state index contributed by atoms with van der Waals surface area (Å²) in [6.07, 6.45) is 6.49. The van der Waals surface area contributed by atoms with Crippen molar-refractivity contribution >= 4 is 11.6 Å². The predicted molar refractivity (Wildman–Crippen MR) is 75.3 cm³/mol. The number of nitrogens with zero attached hydrogens (tertiary/aromatic N) is 2. The molecule has 2 fully saturated rings. The molecule has 1 aliphatic carbocycles. The highest BCUT2D eigenvalue weighted by molar-refractivity contribution is 5.93. The molecule has 1 atom stereocenters. The lowest BCUT2D eigenvalue weighted by Crippen LogP contribution is -2.34. The van der Waals surface area contributed by atoms with Crippen molar-refractivity contribution in [2.75, 3.05) is 18.0 Å². The van der Waals surface area contributed by atoms with Gasteiger partial charge in [-0.05, 0) is 43.7 Å². The molecular formula is C15H21N3O. The molecule has 0 radical (unpaired) electrons. The van der Waals surface area contributed by atoms with Gasteiger partial charge in [-0.1, -0.05) is 6.92 Å². The standard InChI is InChI=1S/C15H21N3O/c1-11-3-2-8-18(10-11)13-6-7-16-14(9-13)15(19)17-12-4-5-12/h6-7,9,11-12H,2-5,8,10H2,1H3,(H,17,19). The van der Waals surface area contributed by atoms with Crippen molar-refractivity contribution in [3.8, 4) is 0 Å². The second-order valence-corrected chi connectivity index (χ2v) is 5.84. The van der Waals surface area contributed by atoms with Crippen molar-refractivity contribution in [1.82, 2.24) is 10.3 Å². The van der Waals surface area contributed by atoms with E-state index in [4.69, 9.17) is 0 Å². The van der Waals surface area contributed by atoms with Gasteiger partial charge in [0.25, 0.3) is 5.91 Å². The summed E-state index contributed by atoms with van der Waals surface area (Å²) < 4.78 is 0. The molecule has 4 heteroatoms. The maximum Gasteiger partial charge on any atom is 0.270 e. The van der Waals surface area contributed by atoms with Crippen molar-refractivity contribution in [2.45, 2.75) is 38.6 Å². The van der Waals surface area contributed by atoms with E-state index in [9.17, 15) is 4.79 Å². The van der Waals surface area contributed by atoms with Crippen LogP contribution in [0.3, 0.4) is 0 Å². The van der Waals surface area contributed by atoms with E-state index in [1.165, 1.54) is 12.8 Å². The fourth-order valence-corrected chi connectivity index (χ4v) is 2.65. The molecule has 0 bridgehead atoms. The smallest absolute Gasteiger partial charge is 0.270 e. The number of aromatic nitrogens is 1. The summed E-state index contributed by atoms with van der Waals surface area (Å²) in [5.41, 5.74) is 1.67. The monoisotopic (exact) mass is 259 g/mol. The number of pyridine rings is 1. The highest BCUT2D eigenvalue weighted by atomic mass is 16.2. The molecule has 2 heterocycles. The van der Waals surface area contributed by atoms with E-state index in [1.54, 1.807) is 6.20 Å². The fraction of sp³-hybridized carbons (Fsp3) is 0.600. The molecule has 3 rings (SSSR count). The number of anilines is 1. The Kier molecular flexibility index (Phi) is 3.40. The minimum absolute atomic E-state index is 0.0330. The Morgan fingerprint density at radius 3 is 3.00 bits per heavy atom. The number of piperidine rings is 1. The molecule has 1 aromatic rings. The molecule has 0 aromatic carbocycles. The fourth-order valence-electron chi connectivity index (χ4n) is 2.65. The van der Waals surface area contributed by atoms with Gasteiger partial charge in [-0.15, -0.1) is 0 Å². The minimum atomic E-state index is -0.0330. The summed E-state index contributed by atoms with van der Waals surface area (Å²) >= 11 is 0. The first-order chi connectivity index (χ1) is 9.22. The molecule has 1 aromatic heterocycles. The van der Waals surface area contributed by atoms with E-state index in [-0.39, 0.29) is 5.91 Å². The SMILES string of the molecule is CC1CCCN(c2ccnc(C(=O)NC3CC3)c2)C1. The van der Waals surface area contributed by atoms with Crippen LogP contribution in [0.25, 0.3) is 0 Å². The van der Waals surface area contributed by atoms with Crippen LogP contribution < -0.4 is 10.2 Å². The average molecular weight is 259 g/mol. The third-order valence-electron chi connectivity index (χ3n) is 3.91. The third-order valence-corrected chi connectivity index (χ3v) is 3.91. The van der Waals surface area contributed by atoms with Crippen LogP contribution in [0.2, 0.25) is 0 Å². The number of hydrogen-bond acceptors (Lipinski definition) is 3. The lowest BCUT2D eigenvalue weighted by Gasteiger charge is -2.32. The van der Waals surface area contributed by atoms with E-state index < -0.39 is 0 Å². The molecule has 0 spiro atoms. The topological polar surface area (TPSA) is 45.2 Å². The van der Waals surface area contributed by atoms with E-state index in [0.29, 0.717) is 11.7 Å². The van der Waals surface area contributed by atoms with Gasteiger partial charge in [0.15, 0.2) is 0 Å². The molecule has 102 valence electrons. The molecule has 1 amide bonds. The summed E-state index contributed by atoms with van der Waals surface area (Å²) in [5.74, 6) is 0.695. The molecule has 1 saturated carbocycles. The molecule has 2 aliphatic rings. The van der Waals surface area contributed by atoms with Crippen molar-refractivity contribution in [1.29, 1.82) is 0 Å². The summed E-state index contributed by atoms with van der Waals surface area (Å²) in [7, 11) is 0. The number of amides is 1. The first kappa shape index (κ1) is 12.5. The van der Waals surface area contributed by atoms with E-state index in [0.717, 1.165) is 37.5 Å². The third kappa shape index (κ3) is 3.06. The van der Waals surface area contributed by atoms with Crippen molar-refractivity contribution in [3.05, 3.63) is 24.0 Å². The number of carbonyl (C=O) groups excluding carboxylic acids is 1. The average Bonchev–Trinajstić information content (AvgIpc) is 3.23. The maximum absolute atomic E-state index is 12.0. The summed E-state index contributed by atoms with van der Waals surface area (Å²) in [4.78, 5) is 18.6. The highest BCUT2D eigenvalue weighted by Gasteiger charge is 2.25. The zero-order valence-corrected chi connectivity index (χ0v) is 11.4. The van der Waals surface area contributed by atoms with E-state index in [1.807, 2.05) is 12.1 Å². The van der Waals surface area contributed by atoms with Gasteiger partial charge in [0.1, 0.15) is 5.69 Å². The molecule has 1 N–H and O–H groups in total. The van der Waals surface area contributed by atoms with Crippen LogP contribution in [0.1, 0.15) is 43.1 Å². The van der Waals surface area contributed by atoms with Gasteiger partial charge in [0, 0.05) is 31.0 Å². The van der Waals surface area contributed by atoms with Crippen molar-refractivity contribution in [2.24, 2.45) is 5.92 Å². The largest absolute Gasteiger partial charge is 0.371 e. The molecule has 1 aliphatic heterocycles. The first-order valence-corrected chi connectivity index (χ1v) is 7.24. The summed E-state index contributed by atoms with van der Waals surface area (Å²) in [6, 6.07) is 4.31. The lowest BCUT2D eigenvalue weighted by atomic mass is 10.00. The van der Waals surface area contributed by atoms with Gasteiger partial charge < -0.3 is 10.2 Å². The Morgan fingerprint density at radius 1 is 1.42 bits per heavy atom. The van der Waals surface area contributed by atoms with E-state index >= 15 is 0 Å². The maximum atomic E-state index is 12.0. The Bertz CT molecular complexity index is 470. The van der Waals surface area contributed by atoms with Crippen LogP contribution in [0, 0.1) is 5.92 Å². The summed E-state index contributed by atoms with van der Waals surface area (Å²) in [6.45, 7) is 4.44. The number of hydrogen-bond donors (Lipinski definition) is 1. The Labute approximate surface area is 114 Å². The zero-order valence-electron chi connectivity index (χ0n) is 11.4. The number of rotatable bonds is 3. The van der Waals surface area contributed by atoms with Crippen LogP contribution in [-0.4, -0.2) is 30.0 Å². The van der Waals surface area contributed by atoms with Gasteiger partial charge in [-0.3, -0.25) is 9.78 Å². The molecule has 1 saturated heterocycles. The Morgan fingerprint density at radius 2 is 2.26 bits per heavy atom. The number of carbonyl (C=O) groups is 1. The molecule has 1 unspecified atom stereocenters. The highest BCUT2D eigenvalue weighted by Crippen LogP contribution is 2.23. The van der Waals surface area contributed by atoms with Crippen LogP contribution in [0.4, 0.5) is 5.69 Å². The first-order valence-electron chi connectivity index (χ1n) is 7.24. The van der Waals surface area contributed by atoms with Crippen LogP contribution in [0.5, 0.6) is 0 Å². The van der Waals surface area contributed by atoms with Gasteiger partial charge in [0.05, 0.1) is 0 Å². The Balaban J connectivity index is 1.72. The molecular weight excluding hydrogens is 238 g/mol. The van der Waals surface area contributed by atoms with E-state index in [2.05, 4.69) is 22.1 Å². The zero-order chi connectivity index (χ0) is 13.2. The second-order valence-electron chi connectivity index (χ2n) is 5.84. The van der Waals surface area contributed by atoms with Crippen molar-refractivity contribution in [3.63, 3.8) is 0 Å². The number of nitrogens with one attached hydrogen (secondary N) is 1. The Hall–Kier alpha value is -1.58. The van der Waals surface area contributed by atoms with Gasteiger partial charge >= 0.3 is 0 Å². The summed E-state index contributed by atoms with van der Waals surface area (Å²) in [5, 5.41) is 2.99. The predicted octanol–water partition coefficient (Wildman–Crippen LogP) is 2.21. The van der Waals surface area contributed by atoms with Crippen LogP contribution in [-0.2, 0) is 0 Å². The quantitative estimate of drug-likeness (QED) is 0.905. The van der Waals surface area contributed by atoms with Crippen LogP contribution >= 0.6 is 0 Å². The normalized spacial score (nSPS) is 23.2. The van der Waals surface area contributed by atoms with Crippen LogP contribution in [0.15, 0.2) is 18.3 Å². The lowest BCUT2D eigenvalue weighted by molar-refractivity contribution is 0.0946. The second kappa shape index (κ2) is 5.19. The van der Waals surface area contributed by atoms with Gasteiger partial charge in [-0.2, -0.15) is 0 Å². The van der Waals surface area contributed by atoms with Gasteiger partial charge in [-0.25, -0.2) is 0 Å². The molecule has 19 heavy (non-hydrogen) atoms. The van der Waals surface area contributed by atoms with Gasteiger partial charge in [0.2, 0.25) is 0 Å². The van der Waals surface area contributed by atoms with Crippen molar-refractivity contribution < 1.29 is 4.79 Å².